The molecule has 15 heavy (non-hydrogen) atoms. The van der Waals surface area contributed by atoms with Gasteiger partial charge in [0.15, 0.2) is 0 Å². The van der Waals surface area contributed by atoms with Gasteiger partial charge < -0.3 is 0 Å². The molecule has 0 unspecified atom stereocenters. The number of hydrogen-bond acceptors (Lipinski definition) is 4. The summed E-state index contributed by atoms with van der Waals surface area (Å²) < 4.78 is 0. The van der Waals surface area contributed by atoms with Crippen molar-refractivity contribution in [3.8, 4) is 0 Å². The van der Waals surface area contributed by atoms with Gasteiger partial charge in [0, 0.05) is 9.62 Å². The van der Waals surface area contributed by atoms with Gasteiger partial charge in [-0.2, -0.15) is 9.68 Å². The lowest BCUT2D eigenvalue weighted by Gasteiger charge is -2.31. The molecule has 0 aromatic rings. The van der Waals surface area contributed by atoms with E-state index < -0.39 is 0 Å². The van der Waals surface area contributed by atoms with Crippen LogP contribution in [0.3, 0.4) is 0 Å². The van der Waals surface area contributed by atoms with Crippen molar-refractivity contribution in [3.63, 3.8) is 0 Å². The third kappa shape index (κ3) is 6.00. The highest BCUT2D eigenvalue weighted by Crippen LogP contribution is 2.14. The lowest BCUT2D eigenvalue weighted by Crippen LogP contribution is -2.58. The summed E-state index contributed by atoms with van der Waals surface area (Å²) in [5.41, 5.74) is 0. The highest BCUT2D eigenvalue weighted by Gasteiger charge is 2.41. The largest absolute Gasteiger partial charge is 0.167 e. The molecule has 7 heteroatoms. The lowest BCUT2D eigenvalue weighted by atomic mass is 11.1. The van der Waals surface area contributed by atoms with Gasteiger partial charge in [0.25, 0.3) is 0 Å². The van der Waals surface area contributed by atoms with E-state index in [-0.39, 0.29) is 14.4 Å². The molecule has 0 N–H and O–H groups in total. The van der Waals surface area contributed by atoms with E-state index in [1.54, 1.807) is 56.5 Å². The number of rotatable bonds is 6. The first-order valence-corrected chi connectivity index (χ1v) is 4.60. The van der Waals surface area contributed by atoms with Crippen LogP contribution in [0, 0.1) is 0 Å². The van der Waals surface area contributed by atoms with E-state index in [4.69, 9.17) is 19.6 Å². The van der Waals surface area contributed by atoms with E-state index in [2.05, 4.69) is 0 Å². The molecule has 0 radical (unpaired) electrons. The summed E-state index contributed by atoms with van der Waals surface area (Å²) in [5, 5.41) is 0. The molecule has 0 bridgehead atoms. The Bertz CT molecular complexity index is 186. The highest BCUT2D eigenvalue weighted by atomic mass is 17.2. The molecule has 0 heterocycles. The molecular weight excluding hydrogens is 202 g/mol. The Hall–Kier alpha value is -0.280. The number of nitrogens with zero attached hydrogens (tertiary/aromatic N) is 3. The van der Waals surface area contributed by atoms with Crippen molar-refractivity contribution in [3.05, 3.63) is 0 Å². The smallest absolute Gasteiger partial charge is 0.144 e. The minimum absolute atomic E-state index is 0.0866. The average Bonchev–Trinajstić information content (AvgIpc) is 2.00. The molecule has 0 aromatic carbocycles. The van der Waals surface area contributed by atoms with E-state index in [0.717, 1.165) is 0 Å². The third-order valence-electron chi connectivity index (χ3n) is 1.67. The van der Waals surface area contributed by atoms with Crippen molar-refractivity contribution < 1.29 is 34.0 Å². The van der Waals surface area contributed by atoms with Crippen LogP contribution in [0.1, 0.15) is 0 Å². The third-order valence-corrected chi connectivity index (χ3v) is 1.67. The summed E-state index contributed by atoms with van der Waals surface area (Å²) in [5.74, 6) is 0. The van der Waals surface area contributed by atoms with E-state index in [9.17, 15) is 0 Å². The first kappa shape index (κ1) is 14.7. The molecule has 0 spiro atoms. The fourth-order valence-corrected chi connectivity index (χ4v) is 1.03. The monoisotopic (exact) mass is 226 g/mol. The highest BCUT2D eigenvalue weighted by molar-refractivity contribution is 3.74. The zero-order chi connectivity index (χ0) is 12.3. The van der Waals surface area contributed by atoms with Crippen LogP contribution in [0.25, 0.3) is 0 Å². The predicted octanol–water partition coefficient (Wildman–Crippen LogP) is 0.0316. The second-order valence-electron chi connectivity index (χ2n) is 4.28. The standard InChI is InChI=1S/C8H24N3O4/c1-9(2,12-7)14-11(5,6)15-10(3,4)13-8/h1-8H3/q+3. The minimum atomic E-state index is -0.165. The van der Waals surface area contributed by atoms with Crippen LogP contribution in [0.4, 0.5) is 0 Å². The minimum Gasteiger partial charge on any atom is -0.167 e. The van der Waals surface area contributed by atoms with Gasteiger partial charge in [0.2, 0.25) is 0 Å². The van der Waals surface area contributed by atoms with Crippen LogP contribution in [0.2, 0.25) is 0 Å². The Morgan fingerprint density at radius 3 is 1.00 bits per heavy atom. The van der Waals surface area contributed by atoms with E-state index in [0.29, 0.717) is 0 Å². The topological polar surface area (TPSA) is 36.9 Å². The number of hydrogen-bond donors (Lipinski definition) is 0. The van der Waals surface area contributed by atoms with E-state index in [1.165, 1.54) is 0 Å². The van der Waals surface area contributed by atoms with Gasteiger partial charge >= 0.3 is 0 Å². The van der Waals surface area contributed by atoms with Gasteiger partial charge in [-0.25, -0.2) is 0 Å². The van der Waals surface area contributed by atoms with Crippen LogP contribution in [-0.2, 0) is 19.6 Å². The van der Waals surface area contributed by atoms with Crippen LogP contribution in [-0.4, -0.2) is 70.9 Å². The Labute approximate surface area is 91.4 Å². The first-order chi connectivity index (χ1) is 6.54. The van der Waals surface area contributed by atoms with E-state index >= 15 is 0 Å². The van der Waals surface area contributed by atoms with Crippen LogP contribution in [0.15, 0.2) is 0 Å². The molecule has 0 atom stereocenters. The van der Waals surface area contributed by atoms with Gasteiger partial charge in [-0.15, -0.1) is 0 Å². The van der Waals surface area contributed by atoms with Gasteiger partial charge in [-0.1, -0.05) is 0 Å². The zero-order valence-corrected chi connectivity index (χ0v) is 11.0. The molecule has 0 saturated heterocycles. The second kappa shape index (κ2) is 4.71. The lowest BCUT2D eigenvalue weighted by molar-refractivity contribution is -1.53. The quantitative estimate of drug-likeness (QED) is 0.473. The summed E-state index contributed by atoms with van der Waals surface area (Å²) in [4.78, 5) is 20.9. The van der Waals surface area contributed by atoms with Crippen molar-refractivity contribution in [2.75, 3.05) is 56.5 Å². The Morgan fingerprint density at radius 1 is 0.533 bits per heavy atom. The molecular formula is C8H24N3O4+3. The normalized spacial score (nSPS) is 14.4. The molecule has 0 aliphatic heterocycles. The number of hydroxylamine groups is 12. The Balaban J connectivity index is 4.43. The summed E-state index contributed by atoms with van der Waals surface area (Å²) in [6.07, 6.45) is 0. The summed E-state index contributed by atoms with van der Waals surface area (Å²) in [7, 11) is 13.6. The molecule has 92 valence electrons. The van der Waals surface area contributed by atoms with Gasteiger partial charge in [-0.05, 0) is 0 Å². The summed E-state index contributed by atoms with van der Waals surface area (Å²) >= 11 is 0. The van der Waals surface area contributed by atoms with Gasteiger partial charge in [0.05, 0.1) is 28.9 Å². The second-order valence-corrected chi connectivity index (χ2v) is 4.28. The fourth-order valence-electron chi connectivity index (χ4n) is 1.03. The van der Waals surface area contributed by atoms with Crippen molar-refractivity contribution in [2.24, 2.45) is 0 Å². The number of quaternary nitrogens is 3. The Morgan fingerprint density at radius 2 is 0.800 bits per heavy atom. The molecule has 7 nitrogen and oxygen atoms in total. The molecule has 0 aromatic heterocycles. The molecule has 0 aliphatic rings. The first-order valence-electron chi connectivity index (χ1n) is 4.60. The van der Waals surface area contributed by atoms with Gasteiger partial charge in [-0.3, -0.25) is 0 Å². The van der Waals surface area contributed by atoms with E-state index in [1.807, 2.05) is 0 Å². The maximum atomic E-state index is 5.55. The van der Waals surface area contributed by atoms with Gasteiger partial charge in [0.1, 0.15) is 42.3 Å². The van der Waals surface area contributed by atoms with Crippen LogP contribution >= 0.6 is 0 Å². The Kier molecular flexibility index (Phi) is 4.62. The molecule has 0 fully saturated rings. The van der Waals surface area contributed by atoms with Crippen molar-refractivity contribution in [2.45, 2.75) is 0 Å². The van der Waals surface area contributed by atoms with Crippen molar-refractivity contribution >= 4 is 0 Å². The molecule has 0 saturated carbocycles. The van der Waals surface area contributed by atoms with Crippen molar-refractivity contribution in [1.29, 1.82) is 0 Å². The fraction of sp³-hybridized carbons (Fsp3) is 1.00. The SMILES string of the molecule is CO[N+](C)(C)O[N+](C)(C)O[N+](C)(C)OC. The molecule has 0 aliphatic carbocycles. The maximum absolute atomic E-state index is 5.55. The maximum Gasteiger partial charge on any atom is 0.144 e. The van der Waals surface area contributed by atoms with Crippen molar-refractivity contribution in [1.82, 2.24) is 0 Å². The average molecular weight is 226 g/mol. The predicted molar refractivity (Wildman–Crippen MR) is 52.5 cm³/mol. The van der Waals surface area contributed by atoms with Crippen LogP contribution in [0.5, 0.6) is 0 Å². The summed E-state index contributed by atoms with van der Waals surface area (Å²) in [6.45, 7) is 0. The molecule has 0 rings (SSSR count). The summed E-state index contributed by atoms with van der Waals surface area (Å²) in [6, 6.07) is 0. The van der Waals surface area contributed by atoms with Crippen LogP contribution < -0.4 is 0 Å². The zero-order valence-electron chi connectivity index (χ0n) is 11.0. The molecule has 0 amide bonds.